The highest BCUT2D eigenvalue weighted by Gasteiger charge is 2.12. The van der Waals surface area contributed by atoms with Gasteiger partial charge in [0, 0.05) is 5.56 Å². The summed E-state index contributed by atoms with van der Waals surface area (Å²) in [4.78, 5) is 12.3. The molecule has 2 aromatic rings. The molecule has 0 unspecified atom stereocenters. The Morgan fingerprint density at radius 2 is 1.87 bits per heavy atom. The Labute approximate surface area is 136 Å². The van der Waals surface area contributed by atoms with Gasteiger partial charge in [-0.1, -0.05) is 18.2 Å². The van der Waals surface area contributed by atoms with Crippen molar-refractivity contribution in [3.05, 3.63) is 65.2 Å². The van der Waals surface area contributed by atoms with Crippen LogP contribution in [0.15, 0.2) is 48.5 Å². The third kappa shape index (κ3) is 4.58. The van der Waals surface area contributed by atoms with E-state index in [4.69, 9.17) is 10.00 Å². The molecule has 0 aliphatic rings. The second kappa shape index (κ2) is 7.46. The second-order valence-electron chi connectivity index (χ2n) is 5.63. The molecule has 2 aromatic carbocycles. The molecule has 2 rings (SSSR count). The maximum atomic E-state index is 12.3. The highest BCUT2D eigenvalue weighted by atomic mass is 16.5. The van der Waals surface area contributed by atoms with Crippen molar-refractivity contribution in [1.29, 1.82) is 5.26 Å². The summed E-state index contributed by atoms with van der Waals surface area (Å²) in [7, 11) is 0. The second-order valence-corrected chi connectivity index (χ2v) is 5.63. The summed E-state index contributed by atoms with van der Waals surface area (Å²) in [5, 5.41) is 11.9. The van der Waals surface area contributed by atoms with Crippen molar-refractivity contribution < 1.29 is 9.53 Å². The maximum Gasteiger partial charge on any atom is 0.251 e. The minimum atomic E-state index is -0.204. The van der Waals surface area contributed by atoms with E-state index in [2.05, 4.69) is 5.32 Å². The first kappa shape index (κ1) is 16.6. The normalized spacial score (nSPS) is 11.6. The number of nitrogens with one attached hydrogen (secondary N) is 1. The number of hydrogen-bond acceptors (Lipinski definition) is 3. The lowest BCUT2D eigenvalue weighted by Crippen LogP contribution is -2.26. The van der Waals surface area contributed by atoms with Crippen LogP contribution < -0.4 is 10.1 Å². The Morgan fingerprint density at radius 3 is 2.57 bits per heavy atom. The number of carbonyl (C=O) groups excluding carboxylic acids is 1. The Hall–Kier alpha value is -2.80. The van der Waals surface area contributed by atoms with Crippen LogP contribution in [0.4, 0.5) is 0 Å². The number of rotatable bonds is 5. The van der Waals surface area contributed by atoms with Crippen molar-refractivity contribution in [2.45, 2.75) is 32.9 Å². The van der Waals surface area contributed by atoms with E-state index in [1.54, 1.807) is 24.3 Å². The molecule has 0 aliphatic heterocycles. The molecule has 0 aliphatic carbocycles. The molecule has 0 heterocycles. The predicted molar refractivity (Wildman–Crippen MR) is 89.2 cm³/mol. The fourth-order valence-electron chi connectivity index (χ4n) is 2.22. The van der Waals surface area contributed by atoms with E-state index >= 15 is 0 Å². The molecule has 23 heavy (non-hydrogen) atoms. The molecule has 0 fully saturated rings. The van der Waals surface area contributed by atoms with Crippen LogP contribution in [0.25, 0.3) is 0 Å². The van der Waals surface area contributed by atoms with Crippen molar-refractivity contribution in [2.75, 3.05) is 0 Å². The van der Waals surface area contributed by atoms with Gasteiger partial charge in [0.15, 0.2) is 0 Å². The number of carbonyl (C=O) groups is 1. The third-order valence-electron chi connectivity index (χ3n) is 3.33. The van der Waals surface area contributed by atoms with E-state index in [1.165, 1.54) is 0 Å². The van der Waals surface area contributed by atoms with Gasteiger partial charge in [-0.05, 0) is 56.7 Å². The van der Waals surface area contributed by atoms with Crippen LogP contribution in [0.5, 0.6) is 5.75 Å². The summed E-state index contributed by atoms with van der Waals surface area (Å²) in [6.07, 6.45) is 0.101. The molecule has 0 aromatic heterocycles. The van der Waals surface area contributed by atoms with Crippen LogP contribution in [0.3, 0.4) is 0 Å². The summed E-state index contributed by atoms with van der Waals surface area (Å²) < 4.78 is 5.68. The summed E-state index contributed by atoms with van der Waals surface area (Å²) in [5.74, 6) is 0.579. The van der Waals surface area contributed by atoms with Gasteiger partial charge in [0.25, 0.3) is 5.91 Å². The van der Waals surface area contributed by atoms with E-state index in [1.807, 2.05) is 51.1 Å². The SMILES string of the molecule is CC(C)Oc1cccc([C@H](C)NC(=O)c2cccc(C#N)c2)c1. The van der Waals surface area contributed by atoms with Gasteiger partial charge >= 0.3 is 0 Å². The predicted octanol–water partition coefficient (Wildman–Crippen LogP) is 3.84. The van der Waals surface area contributed by atoms with Gasteiger partial charge in [0.1, 0.15) is 5.75 Å². The van der Waals surface area contributed by atoms with Gasteiger partial charge in [0.2, 0.25) is 0 Å². The van der Waals surface area contributed by atoms with E-state index in [9.17, 15) is 4.79 Å². The van der Waals surface area contributed by atoms with Gasteiger partial charge in [-0.3, -0.25) is 4.79 Å². The monoisotopic (exact) mass is 308 g/mol. The zero-order valence-electron chi connectivity index (χ0n) is 13.5. The average Bonchev–Trinajstić information content (AvgIpc) is 2.54. The molecular formula is C19H20N2O2. The highest BCUT2D eigenvalue weighted by molar-refractivity contribution is 5.94. The minimum absolute atomic E-state index is 0.101. The lowest BCUT2D eigenvalue weighted by molar-refractivity contribution is 0.0939. The summed E-state index contributed by atoms with van der Waals surface area (Å²) in [6, 6.07) is 16.2. The topological polar surface area (TPSA) is 62.1 Å². The zero-order chi connectivity index (χ0) is 16.8. The molecule has 1 N–H and O–H groups in total. The molecule has 0 spiro atoms. The molecule has 4 heteroatoms. The molecule has 0 radical (unpaired) electrons. The van der Waals surface area contributed by atoms with Crippen molar-refractivity contribution in [3.8, 4) is 11.8 Å². The smallest absolute Gasteiger partial charge is 0.251 e. The van der Waals surface area contributed by atoms with Crippen molar-refractivity contribution >= 4 is 5.91 Å². The van der Waals surface area contributed by atoms with Crippen LogP contribution in [-0.4, -0.2) is 12.0 Å². The first-order chi connectivity index (χ1) is 11.0. The van der Waals surface area contributed by atoms with Crippen LogP contribution >= 0.6 is 0 Å². The van der Waals surface area contributed by atoms with Crippen LogP contribution in [0, 0.1) is 11.3 Å². The average molecular weight is 308 g/mol. The van der Waals surface area contributed by atoms with Gasteiger partial charge in [-0.15, -0.1) is 0 Å². The largest absolute Gasteiger partial charge is 0.491 e. The molecule has 0 saturated carbocycles. The van der Waals surface area contributed by atoms with E-state index in [0.717, 1.165) is 11.3 Å². The molecule has 0 saturated heterocycles. The maximum absolute atomic E-state index is 12.3. The van der Waals surface area contributed by atoms with Gasteiger partial charge < -0.3 is 10.1 Å². The highest BCUT2D eigenvalue weighted by Crippen LogP contribution is 2.20. The molecular weight excluding hydrogens is 288 g/mol. The van der Waals surface area contributed by atoms with Crippen molar-refractivity contribution in [3.63, 3.8) is 0 Å². The molecule has 1 atom stereocenters. The first-order valence-corrected chi connectivity index (χ1v) is 7.57. The number of benzene rings is 2. The minimum Gasteiger partial charge on any atom is -0.491 e. The van der Waals surface area contributed by atoms with Crippen LogP contribution in [0.1, 0.15) is 48.3 Å². The lowest BCUT2D eigenvalue weighted by Gasteiger charge is -2.16. The lowest BCUT2D eigenvalue weighted by atomic mass is 10.1. The first-order valence-electron chi connectivity index (χ1n) is 7.57. The number of hydrogen-bond donors (Lipinski definition) is 1. The number of nitriles is 1. The molecule has 4 nitrogen and oxygen atoms in total. The van der Waals surface area contributed by atoms with Gasteiger partial charge in [0.05, 0.1) is 23.8 Å². The molecule has 1 amide bonds. The van der Waals surface area contributed by atoms with Crippen LogP contribution in [-0.2, 0) is 0 Å². The van der Waals surface area contributed by atoms with E-state index < -0.39 is 0 Å². The summed E-state index contributed by atoms with van der Waals surface area (Å²) in [5.41, 5.74) is 1.91. The van der Waals surface area contributed by atoms with Crippen molar-refractivity contribution in [2.24, 2.45) is 0 Å². The fourth-order valence-corrected chi connectivity index (χ4v) is 2.22. The van der Waals surface area contributed by atoms with E-state index in [0.29, 0.717) is 11.1 Å². The van der Waals surface area contributed by atoms with Gasteiger partial charge in [-0.25, -0.2) is 0 Å². The Kier molecular flexibility index (Phi) is 5.37. The fraction of sp³-hybridized carbons (Fsp3) is 0.263. The number of nitrogens with zero attached hydrogens (tertiary/aromatic N) is 1. The summed E-state index contributed by atoms with van der Waals surface area (Å²) in [6.45, 7) is 5.86. The molecule has 0 bridgehead atoms. The quantitative estimate of drug-likeness (QED) is 0.913. The standard InChI is InChI=1S/C19H20N2O2/c1-13(2)23-18-9-5-7-16(11-18)14(3)21-19(22)17-8-4-6-15(10-17)12-20/h4-11,13-14H,1-3H3,(H,21,22)/t14-/m0/s1. The number of amides is 1. The molecule has 118 valence electrons. The van der Waals surface area contributed by atoms with E-state index in [-0.39, 0.29) is 18.1 Å². The van der Waals surface area contributed by atoms with Crippen molar-refractivity contribution in [1.82, 2.24) is 5.32 Å². The van der Waals surface area contributed by atoms with Gasteiger partial charge in [-0.2, -0.15) is 5.26 Å². The Balaban J connectivity index is 2.10. The third-order valence-corrected chi connectivity index (χ3v) is 3.33. The zero-order valence-corrected chi connectivity index (χ0v) is 13.5. The summed E-state index contributed by atoms with van der Waals surface area (Å²) >= 11 is 0. The Bertz CT molecular complexity index is 732. The number of ether oxygens (including phenoxy) is 1. The van der Waals surface area contributed by atoms with Crippen LogP contribution in [0.2, 0.25) is 0 Å². The Morgan fingerprint density at radius 1 is 1.13 bits per heavy atom.